The van der Waals surface area contributed by atoms with E-state index in [1.54, 1.807) is 6.07 Å². The second kappa shape index (κ2) is 10.0. The lowest BCUT2D eigenvalue weighted by Gasteiger charge is -2.18. The highest BCUT2D eigenvalue weighted by Gasteiger charge is 2.14. The summed E-state index contributed by atoms with van der Waals surface area (Å²) in [5, 5.41) is 23.1. The molecule has 2 atom stereocenters. The first-order valence-corrected chi connectivity index (χ1v) is 8.05. The Hall–Kier alpha value is -2.08. The smallest absolute Gasteiger partial charge is 0.252 e. The Labute approximate surface area is 154 Å². The van der Waals surface area contributed by atoms with Gasteiger partial charge in [-0.25, -0.2) is 0 Å². The quantitative estimate of drug-likeness (QED) is 0.579. The van der Waals surface area contributed by atoms with Gasteiger partial charge in [-0.1, -0.05) is 36.4 Å². The minimum Gasteiger partial charge on any atom is -0.507 e. The number of aryl methyl sites for hydroxylation is 1. The summed E-state index contributed by atoms with van der Waals surface area (Å²) in [6.45, 7) is 2.43. The summed E-state index contributed by atoms with van der Waals surface area (Å²) >= 11 is 0. The molecule has 2 aromatic carbocycles. The number of aromatic hydroxyl groups is 1. The number of halogens is 1. The number of rotatable bonds is 8. The van der Waals surface area contributed by atoms with Crippen molar-refractivity contribution < 1.29 is 15.0 Å². The molecular formula is C19H25ClN2O3. The van der Waals surface area contributed by atoms with Crippen LogP contribution in [-0.4, -0.2) is 28.7 Å². The van der Waals surface area contributed by atoms with Crippen LogP contribution in [0.2, 0.25) is 0 Å². The zero-order chi connectivity index (χ0) is 17.5. The van der Waals surface area contributed by atoms with Crippen molar-refractivity contribution in [2.45, 2.75) is 31.9 Å². The molecule has 25 heavy (non-hydrogen) atoms. The molecule has 0 aliphatic carbocycles. The number of aliphatic hydroxyl groups is 1. The Balaban J connectivity index is 0.00000312. The molecule has 0 saturated carbocycles. The standard InChI is InChI=1S/C19H24N2O3.ClH/c1-13(7-8-14-5-3-2-4-6-14)21-12-18(23)15-9-10-17(22)16(11-15)19(20)24;/h2-6,9-11,13,18,21-23H,7-8,12H2,1H3,(H2,20,24);1H/t13?,18-;/m0./s1. The van der Waals surface area contributed by atoms with Crippen molar-refractivity contribution in [1.29, 1.82) is 0 Å². The molecule has 0 radical (unpaired) electrons. The van der Waals surface area contributed by atoms with Crippen LogP contribution in [0.15, 0.2) is 48.5 Å². The number of hydrogen-bond acceptors (Lipinski definition) is 4. The number of nitrogens with one attached hydrogen (secondary N) is 1. The van der Waals surface area contributed by atoms with Gasteiger partial charge in [-0.15, -0.1) is 12.4 Å². The molecule has 0 aliphatic rings. The molecule has 0 fully saturated rings. The molecule has 0 aliphatic heterocycles. The van der Waals surface area contributed by atoms with Crippen LogP contribution < -0.4 is 11.1 Å². The van der Waals surface area contributed by atoms with E-state index in [1.165, 1.54) is 17.7 Å². The molecule has 136 valence electrons. The Morgan fingerprint density at radius 3 is 2.52 bits per heavy atom. The number of aliphatic hydroxyl groups excluding tert-OH is 1. The molecule has 2 aromatic rings. The average Bonchev–Trinajstić information content (AvgIpc) is 2.59. The van der Waals surface area contributed by atoms with Crippen molar-refractivity contribution in [1.82, 2.24) is 5.32 Å². The van der Waals surface area contributed by atoms with Crippen molar-refractivity contribution in [2.24, 2.45) is 5.73 Å². The molecule has 0 spiro atoms. The van der Waals surface area contributed by atoms with Gasteiger partial charge < -0.3 is 21.3 Å². The van der Waals surface area contributed by atoms with Crippen LogP contribution in [0.3, 0.4) is 0 Å². The summed E-state index contributed by atoms with van der Waals surface area (Å²) in [5.41, 5.74) is 7.06. The van der Waals surface area contributed by atoms with Crippen LogP contribution in [0.1, 0.15) is 40.9 Å². The number of carbonyl (C=O) groups excluding carboxylic acids is 1. The summed E-state index contributed by atoms with van der Waals surface area (Å²) < 4.78 is 0. The summed E-state index contributed by atoms with van der Waals surface area (Å²) in [6, 6.07) is 14.9. The largest absolute Gasteiger partial charge is 0.507 e. The molecule has 2 rings (SSSR count). The van der Waals surface area contributed by atoms with Crippen LogP contribution in [0, 0.1) is 0 Å². The Morgan fingerprint density at radius 2 is 1.88 bits per heavy atom. The minimum atomic E-state index is -0.775. The van der Waals surface area contributed by atoms with E-state index in [2.05, 4.69) is 24.4 Å². The maximum atomic E-state index is 11.2. The van der Waals surface area contributed by atoms with Crippen molar-refractivity contribution in [3.05, 3.63) is 65.2 Å². The first-order valence-electron chi connectivity index (χ1n) is 8.05. The fourth-order valence-electron chi connectivity index (χ4n) is 2.52. The Kier molecular flexibility index (Phi) is 8.41. The van der Waals surface area contributed by atoms with Crippen LogP contribution in [0.4, 0.5) is 0 Å². The zero-order valence-electron chi connectivity index (χ0n) is 14.2. The van der Waals surface area contributed by atoms with E-state index in [4.69, 9.17) is 5.73 Å². The first kappa shape index (κ1) is 21.0. The van der Waals surface area contributed by atoms with Gasteiger partial charge in [0, 0.05) is 12.6 Å². The Morgan fingerprint density at radius 1 is 1.20 bits per heavy atom. The van der Waals surface area contributed by atoms with E-state index >= 15 is 0 Å². The number of primary amides is 1. The summed E-state index contributed by atoms with van der Waals surface area (Å²) in [5.74, 6) is -0.895. The van der Waals surface area contributed by atoms with Gasteiger partial charge in [-0.2, -0.15) is 0 Å². The van der Waals surface area contributed by atoms with Gasteiger partial charge in [0.2, 0.25) is 0 Å². The molecule has 5 nitrogen and oxygen atoms in total. The van der Waals surface area contributed by atoms with E-state index in [0.717, 1.165) is 12.8 Å². The zero-order valence-corrected chi connectivity index (χ0v) is 15.0. The van der Waals surface area contributed by atoms with E-state index in [1.807, 2.05) is 18.2 Å². The highest BCUT2D eigenvalue weighted by Crippen LogP contribution is 2.22. The fraction of sp³-hybridized carbons (Fsp3) is 0.316. The second-order valence-corrected chi connectivity index (χ2v) is 5.99. The number of phenols is 1. The van der Waals surface area contributed by atoms with Gasteiger partial charge in [0.15, 0.2) is 0 Å². The average molecular weight is 365 g/mol. The molecule has 0 bridgehead atoms. The maximum absolute atomic E-state index is 11.2. The highest BCUT2D eigenvalue weighted by molar-refractivity contribution is 5.95. The van der Waals surface area contributed by atoms with Crippen LogP contribution >= 0.6 is 12.4 Å². The predicted octanol–water partition coefficient (Wildman–Crippen LogP) is 2.56. The van der Waals surface area contributed by atoms with Gasteiger partial charge in [-0.05, 0) is 43.0 Å². The molecule has 6 heteroatoms. The molecule has 0 saturated heterocycles. The molecule has 0 aromatic heterocycles. The van der Waals surface area contributed by atoms with Crippen molar-refractivity contribution in [3.8, 4) is 5.75 Å². The highest BCUT2D eigenvalue weighted by atomic mass is 35.5. The number of carbonyl (C=O) groups is 1. The van der Waals surface area contributed by atoms with Crippen LogP contribution in [-0.2, 0) is 6.42 Å². The van der Waals surface area contributed by atoms with Crippen molar-refractivity contribution in [3.63, 3.8) is 0 Å². The topological polar surface area (TPSA) is 95.6 Å². The second-order valence-electron chi connectivity index (χ2n) is 5.99. The van der Waals surface area contributed by atoms with Crippen LogP contribution in [0.5, 0.6) is 5.75 Å². The lowest BCUT2D eigenvalue weighted by molar-refractivity contribution is 0.0997. The molecule has 1 unspecified atom stereocenters. The third kappa shape index (κ3) is 6.38. The van der Waals surface area contributed by atoms with E-state index in [0.29, 0.717) is 12.1 Å². The van der Waals surface area contributed by atoms with Gasteiger partial charge in [0.25, 0.3) is 5.91 Å². The third-order valence-corrected chi connectivity index (χ3v) is 4.04. The third-order valence-electron chi connectivity index (χ3n) is 4.04. The van der Waals surface area contributed by atoms with Gasteiger partial charge in [-0.3, -0.25) is 4.79 Å². The monoisotopic (exact) mass is 364 g/mol. The molecule has 1 amide bonds. The first-order chi connectivity index (χ1) is 11.5. The predicted molar refractivity (Wildman–Crippen MR) is 101 cm³/mol. The Bertz CT molecular complexity index is 680. The molecule has 5 N–H and O–H groups in total. The number of hydrogen-bond donors (Lipinski definition) is 4. The maximum Gasteiger partial charge on any atom is 0.252 e. The number of amides is 1. The molecule has 0 heterocycles. The fourth-order valence-corrected chi connectivity index (χ4v) is 2.52. The van der Waals surface area contributed by atoms with Crippen molar-refractivity contribution in [2.75, 3.05) is 6.54 Å². The summed E-state index contributed by atoms with van der Waals surface area (Å²) in [6.07, 6.45) is 1.15. The normalized spacial score (nSPS) is 12.9. The lowest BCUT2D eigenvalue weighted by Crippen LogP contribution is -2.31. The van der Waals surface area contributed by atoms with Gasteiger partial charge >= 0.3 is 0 Å². The van der Waals surface area contributed by atoms with E-state index in [9.17, 15) is 15.0 Å². The lowest BCUT2D eigenvalue weighted by atomic mass is 10.0. The minimum absolute atomic E-state index is 0. The van der Waals surface area contributed by atoms with Crippen LogP contribution in [0.25, 0.3) is 0 Å². The molecular weight excluding hydrogens is 340 g/mol. The van der Waals surface area contributed by atoms with E-state index < -0.39 is 12.0 Å². The SMILES string of the molecule is CC(CCc1ccccc1)NC[C@H](O)c1ccc(O)c(C(N)=O)c1.Cl. The summed E-state index contributed by atoms with van der Waals surface area (Å²) in [4.78, 5) is 11.2. The number of benzene rings is 2. The van der Waals surface area contributed by atoms with Crippen molar-refractivity contribution >= 4 is 18.3 Å². The van der Waals surface area contributed by atoms with Gasteiger partial charge in [0.05, 0.1) is 11.7 Å². The van der Waals surface area contributed by atoms with Gasteiger partial charge in [0.1, 0.15) is 5.75 Å². The number of nitrogens with two attached hydrogens (primary N) is 1. The van der Waals surface area contributed by atoms with E-state index in [-0.39, 0.29) is 29.8 Å². The summed E-state index contributed by atoms with van der Waals surface area (Å²) in [7, 11) is 0.